The van der Waals surface area contributed by atoms with Gasteiger partial charge in [0.2, 0.25) is 5.91 Å². The van der Waals surface area contributed by atoms with Crippen LogP contribution in [0.1, 0.15) is 19.8 Å². The molecule has 0 radical (unpaired) electrons. The van der Waals surface area contributed by atoms with E-state index in [1.807, 2.05) is 0 Å². The molecule has 1 saturated heterocycles. The summed E-state index contributed by atoms with van der Waals surface area (Å²) in [4.78, 5) is 57.8. The molecule has 10 nitrogen and oxygen atoms in total. The summed E-state index contributed by atoms with van der Waals surface area (Å²) in [6, 6.07) is -0.907. The predicted octanol–water partition coefficient (Wildman–Crippen LogP) is -0.847. The highest BCUT2D eigenvalue weighted by molar-refractivity contribution is 8.00. The van der Waals surface area contributed by atoms with Crippen molar-refractivity contribution in [2.75, 3.05) is 12.4 Å². The Morgan fingerprint density at radius 2 is 1.96 bits per heavy atom. The van der Waals surface area contributed by atoms with E-state index in [1.165, 1.54) is 18.7 Å². The molecule has 0 aromatic carbocycles. The van der Waals surface area contributed by atoms with Crippen molar-refractivity contribution in [2.24, 2.45) is 0 Å². The molecule has 136 valence electrons. The van der Waals surface area contributed by atoms with E-state index in [-0.39, 0.29) is 30.9 Å². The number of hydrogen-bond acceptors (Lipinski definition) is 7. The van der Waals surface area contributed by atoms with Crippen LogP contribution < -0.4 is 5.32 Å². The summed E-state index contributed by atoms with van der Waals surface area (Å²) in [5.41, 5.74) is 0.0546. The van der Waals surface area contributed by atoms with Crippen molar-refractivity contribution in [1.82, 2.24) is 10.2 Å². The summed E-state index contributed by atoms with van der Waals surface area (Å²) in [5, 5.41) is 19.8. The molecular weight excluding hydrogens is 356 g/mol. The van der Waals surface area contributed by atoms with Gasteiger partial charge in [-0.2, -0.15) is 0 Å². The van der Waals surface area contributed by atoms with Gasteiger partial charge in [0.05, 0.1) is 6.42 Å². The number of carbonyl (C=O) groups excluding carboxylic acids is 3. The van der Waals surface area contributed by atoms with Gasteiger partial charge in [0.1, 0.15) is 23.7 Å². The van der Waals surface area contributed by atoms with Gasteiger partial charge in [-0.15, -0.1) is 11.8 Å². The zero-order valence-corrected chi connectivity index (χ0v) is 14.0. The Morgan fingerprint density at radius 1 is 1.28 bits per heavy atom. The molecule has 3 N–H and O–H groups in total. The lowest BCUT2D eigenvalue weighted by Crippen LogP contribution is -2.70. The molecule has 11 heteroatoms. The molecule has 0 aromatic heterocycles. The number of β-lactam (4-membered cyclic amide) rings is 1. The summed E-state index contributed by atoms with van der Waals surface area (Å²) in [5.74, 6) is -3.98. The predicted molar refractivity (Wildman–Crippen MR) is 83.2 cm³/mol. The molecule has 25 heavy (non-hydrogen) atoms. The second-order valence-corrected chi connectivity index (χ2v) is 6.49. The van der Waals surface area contributed by atoms with Gasteiger partial charge in [-0.05, 0) is 0 Å². The highest BCUT2D eigenvalue weighted by Gasteiger charge is 2.54. The number of aliphatic carboxylic acids is 2. The third kappa shape index (κ3) is 4.10. The largest absolute Gasteiger partial charge is 0.481 e. The van der Waals surface area contributed by atoms with E-state index >= 15 is 0 Å². The fraction of sp³-hybridized carbons (Fsp3) is 0.500. The maximum Gasteiger partial charge on any atom is 0.352 e. The lowest BCUT2D eigenvalue weighted by atomic mass is 10.0. The van der Waals surface area contributed by atoms with E-state index in [9.17, 15) is 29.1 Å². The van der Waals surface area contributed by atoms with E-state index in [0.29, 0.717) is 5.57 Å². The summed E-state index contributed by atoms with van der Waals surface area (Å²) in [6.07, 6.45) is -0.628. The summed E-state index contributed by atoms with van der Waals surface area (Å²) in [7, 11) is 0. The maximum absolute atomic E-state index is 12.2. The molecule has 0 saturated carbocycles. The highest BCUT2D eigenvalue weighted by Crippen LogP contribution is 2.40. The molecule has 2 amide bonds. The second kappa shape index (κ2) is 7.55. The van der Waals surface area contributed by atoms with Crippen LogP contribution in [0.15, 0.2) is 11.3 Å². The van der Waals surface area contributed by atoms with Crippen LogP contribution in [0.2, 0.25) is 0 Å². The molecule has 0 unspecified atom stereocenters. The Labute approximate surface area is 146 Å². The molecule has 2 aliphatic rings. The monoisotopic (exact) mass is 372 g/mol. The van der Waals surface area contributed by atoms with Crippen molar-refractivity contribution < 1.29 is 38.9 Å². The number of nitrogens with zero attached hydrogens (tertiary/aromatic N) is 1. The van der Waals surface area contributed by atoms with E-state index < -0.39 is 41.1 Å². The number of thioether (sulfide) groups is 1. The third-order valence-corrected chi connectivity index (χ3v) is 4.92. The van der Waals surface area contributed by atoms with Crippen molar-refractivity contribution in [2.45, 2.75) is 31.2 Å². The minimum absolute atomic E-state index is 0.226. The number of esters is 1. The second-order valence-electron chi connectivity index (χ2n) is 5.39. The van der Waals surface area contributed by atoms with E-state index in [0.717, 1.165) is 4.90 Å². The molecule has 2 rings (SSSR count). The topological polar surface area (TPSA) is 150 Å². The van der Waals surface area contributed by atoms with Crippen molar-refractivity contribution in [3.05, 3.63) is 11.3 Å². The van der Waals surface area contributed by atoms with Gasteiger partial charge in [0, 0.05) is 24.7 Å². The minimum atomic E-state index is -1.32. The lowest BCUT2D eigenvalue weighted by Gasteiger charge is -2.49. The number of carboxylic acids is 2. The van der Waals surface area contributed by atoms with Crippen LogP contribution in [0.5, 0.6) is 0 Å². The van der Waals surface area contributed by atoms with Crippen LogP contribution in [-0.4, -0.2) is 68.6 Å². The number of nitrogens with one attached hydrogen (secondary N) is 1. The van der Waals surface area contributed by atoms with Gasteiger partial charge in [0.25, 0.3) is 5.91 Å². The first-order chi connectivity index (χ1) is 11.7. The van der Waals surface area contributed by atoms with Crippen LogP contribution in [-0.2, 0) is 28.7 Å². The van der Waals surface area contributed by atoms with Crippen LogP contribution in [0, 0.1) is 0 Å². The number of ether oxygens (including phenoxy) is 1. The van der Waals surface area contributed by atoms with Crippen LogP contribution in [0.4, 0.5) is 0 Å². The molecule has 0 bridgehead atoms. The summed E-state index contributed by atoms with van der Waals surface area (Å²) in [6.45, 7) is 0.966. The zero-order valence-electron chi connectivity index (χ0n) is 13.2. The summed E-state index contributed by atoms with van der Waals surface area (Å²) >= 11 is 1.23. The van der Waals surface area contributed by atoms with Crippen molar-refractivity contribution in [3.8, 4) is 0 Å². The molecule has 2 atom stereocenters. The summed E-state index contributed by atoms with van der Waals surface area (Å²) < 4.78 is 4.81. The Balaban J connectivity index is 2.08. The Morgan fingerprint density at radius 3 is 2.52 bits per heavy atom. The van der Waals surface area contributed by atoms with E-state index in [2.05, 4.69) is 5.32 Å². The number of amides is 2. The smallest absolute Gasteiger partial charge is 0.352 e. The molecular formula is C14H16N2O8S. The van der Waals surface area contributed by atoms with Crippen LogP contribution in [0.25, 0.3) is 0 Å². The molecule has 2 aliphatic heterocycles. The van der Waals surface area contributed by atoms with E-state index in [4.69, 9.17) is 9.84 Å². The van der Waals surface area contributed by atoms with Crippen molar-refractivity contribution in [3.63, 3.8) is 0 Å². The van der Waals surface area contributed by atoms with Crippen molar-refractivity contribution >= 4 is 41.5 Å². The number of rotatable bonds is 7. The van der Waals surface area contributed by atoms with Crippen LogP contribution >= 0.6 is 11.8 Å². The molecule has 0 aromatic rings. The molecule has 2 heterocycles. The number of carbonyl (C=O) groups is 5. The lowest BCUT2D eigenvalue weighted by molar-refractivity contribution is -0.151. The Hall–Kier alpha value is -2.56. The Bertz CT molecular complexity index is 674. The quantitative estimate of drug-likeness (QED) is 0.383. The third-order valence-electron chi connectivity index (χ3n) is 3.58. The van der Waals surface area contributed by atoms with Gasteiger partial charge in [-0.25, -0.2) is 4.79 Å². The first-order valence-electron chi connectivity index (χ1n) is 7.27. The van der Waals surface area contributed by atoms with Gasteiger partial charge < -0.3 is 20.3 Å². The average Bonchev–Trinajstić information content (AvgIpc) is 2.54. The van der Waals surface area contributed by atoms with Gasteiger partial charge in [-0.1, -0.05) is 0 Å². The Kier molecular flexibility index (Phi) is 5.67. The van der Waals surface area contributed by atoms with Gasteiger partial charge in [0.15, 0.2) is 0 Å². The van der Waals surface area contributed by atoms with Gasteiger partial charge >= 0.3 is 17.9 Å². The molecule has 0 spiro atoms. The first-order valence-corrected chi connectivity index (χ1v) is 8.31. The molecule has 1 fully saturated rings. The fourth-order valence-electron chi connectivity index (χ4n) is 2.45. The number of hydrogen-bond donors (Lipinski definition) is 3. The number of fused-ring (bicyclic) bond motifs is 1. The fourth-order valence-corrected chi connectivity index (χ4v) is 3.78. The minimum Gasteiger partial charge on any atom is -0.481 e. The van der Waals surface area contributed by atoms with Crippen molar-refractivity contribution in [1.29, 1.82) is 0 Å². The van der Waals surface area contributed by atoms with Gasteiger partial charge in [-0.3, -0.25) is 24.1 Å². The first kappa shape index (κ1) is 18.8. The maximum atomic E-state index is 12.2. The highest BCUT2D eigenvalue weighted by atomic mass is 32.2. The SMILES string of the molecule is CC(=O)OCC1=C(C(=O)O)N2C(=O)[C@H](NC(=O)CCC(=O)O)[C@@H]2SC1. The standard InChI is InChI=1S/C14H16N2O8S/c1-6(17)24-4-7-5-25-13-10(15-8(18)2-3-9(19)20)12(21)16(13)11(7)14(22)23/h10,13H,2-5H2,1H3,(H,15,18)(H,19,20)(H,22,23)/t10-,13-/m0/s1. The van der Waals surface area contributed by atoms with Crippen LogP contribution in [0.3, 0.4) is 0 Å². The zero-order chi connectivity index (χ0) is 18.7. The average molecular weight is 372 g/mol. The molecule has 0 aliphatic carbocycles. The van der Waals surface area contributed by atoms with E-state index in [1.54, 1.807) is 0 Å². The normalized spacial score (nSPS) is 22.0. The number of carboxylic acid groups (broad SMARTS) is 2.